The largest absolute Gasteiger partial charge is 0.351 e. The Morgan fingerprint density at radius 2 is 1.91 bits per heavy atom. The third-order valence-electron chi connectivity index (χ3n) is 4.55. The fourth-order valence-corrected chi connectivity index (χ4v) is 2.68. The number of aromatic nitrogens is 2. The predicted octanol–water partition coefficient (Wildman–Crippen LogP) is 2.31. The molecule has 1 aromatic carbocycles. The normalized spacial score (nSPS) is 11.4. The lowest BCUT2D eigenvalue weighted by Gasteiger charge is -2.28. The van der Waals surface area contributed by atoms with Gasteiger partial charge in [0, 0.05) is 24.8 Å². The van der Waals surface area contributed by atoms with Crippen molar-refractivity contribution in [3.8, 4) is 0 Å². The van der Waals surface area contributed by atoms with Crippen molar-refractivity contribution in [1.82, 2.24) is 15.1 Å². The van der Waals surface area contributed by atoms with Crippen LogP contribution in [0.1, 0.15) is 37.8 Å². The monoisotopic (exact) mass is 314 g/mol. The van der Waals surface area contributed by atoms with Gasteiger partial charge in [-0.05, 0) is 18.4 Å². The van der Waals surface area contributed by atoms with E-state index in [-0.39, 0.29) is 5.91 Å². The Morgan fingerprint density at radius 1 is 1.22 bits per heavy atom. The standard InChI is InChI=1S/C18H26N4O/c1-3-18(4-2,14-19)17(23)20-10-16-11-21-22(13-16)12-15-8-6-5-7-9-15/h5-9,11,13H,3-4,10,12,14,19H2,1-2H3,(H,20,23). The van der Waals surface area contributed by atoms with Crippen molar-refractivity contribution in [3.05, 3.63) is 53.9 Å². The lowest BCUT2D eigenvalue weighted by molar-refractivity contribution is -0.131. The van der Waals surface area contributed by atoms with E-state index in [1.54, 1.807) is 6.20 Å². The van der Waals surface area contributed by atoms with E-state index in [4.69, 9.17) is 5.73 Å². The number of hydrogen-bond acceptors (Lipinski definition) is 3. The molecule has 1 heterocycles. The highest BCUT2D eigenvalue weighted by molar-refractivity contribution is 5.82. The summed E-state index contributed by atoms with van der Waals surface area (Å²) in [5.74, 6) is 0.0285. The van der Waals surface area contributed by atoms with Gasteiger partial charge in [0.15, 0.2) is 0 Å². The Hall–Kier alpha value is -2.14. The van der Waals surface area contributed by atoms with Crippen molar-refractivity contribution in [2.45, 2.75) is 39.8 Å². The first kappa shape index (κ1) is 17.2. The molecule has 0 saturated carbocycles. The zero-order chi connectivity index (χ0) is 16.7. The second-order valence-corrected chi connectivity index (χ2v) is 5.91. The maximum atomic E-state index is 12.4. The second kappa shape index (κ2) is 7.92. The molecule has 124 valence electrons. The summed E-state index contributed by atoms with van der Waals surface area (Å²) in [4.78, 5) is 12.4. The van der Waals surface area contributed by atoms with E-state index in [2.05, 4.69) is 22.5 Å². The molecule has 5 nitrogen and oxygen atoms in total. The van der Waals surface area contributed by atoms with Crippen LogP contribution in [-0.2, 0) is 17.9 Å². The summed E-state index contributed by atoms with van der Waals surface area (Å²) in [5.41, 5.74) is 7.55. The van der Waals surface area contributed by atoms with Crippen molar-refractivity contribution in [2.75, 3.05) is 6.54 Å². The van der Waals surface area contributed by atoms with E-state index in [0.717, 1.165) is 24.9 Å². The van der Waals surface area contributed by atoms with Crippen molar-refractivity contribution in [3.63, 3.8) is 0 Å². The van der Waals surface area contributed by atoms with Gasteiger partial charge in [0.05, 0.1) is 18.2 Å². The Morgan fingerprint density at radius 3 is 2.52 bits per heavy atom. The molecule has 0 aliphatic carbocycles. The van der Waals surface area contributed by atoms with Gasteiger partial charge in [0.1, 0.15) is 0 Å². The van der Waals surface area contributed by atoms with Crippen molar-refractivity contribution in [1.29, 1.82) is 0 Å². The van der Waals surface area contributed by atoms with Crippen LogP contribution in [0.3, 0.4) is 0 Å². The summed E-state index contributed by atoms with van der Waals surface area (Å²) < 4.78 is 1.88. The highest BCUT2D eigenvalue weighted by Gasteiger charge is 2.32. The molecule has 0 unspecified atom stereocenters. The minimum absolute atomic E-state index is 0.0285. The van der Waals surface area contributed by atoms with Gasteiger partial charge >= 0.3 is 0 Å². The van der Waals surface area contributed by atoms with E-state index in [1.165, 1.54) is 5.56 Å². The van der Waals surface area contributed by atoms with Crippen LogP contribution in [0, 0.1) is 5.41 Å². The summed E-state index contributed by atoms with van der Waals surface area (Å²) >= 11 is 0. The van der Waals surface area contributed by atoms with Crippen molar-refractivity contribution < 1.29 is 4.79 Å². The molecule has 0 radical (unpaired) electrons. The summed E-state index contributed by atoms with van der Waals surface area (Å²) in [7, 11) is 0. The molecule has 1 amide bonds. The van der Waals surface area contributed by atoms with Crippen LogP contribution in [0.2, 0.25) is 0 Å². The van der Waals surface area contributed by atoms with Gasteiger partial charge in [-0.25, -0.2) is 0 Å². The van der Waals surface area contributed by atoms with E-state index in [1.807, 2.05) is 42.9 Å². The summed E-state index contributed by atoms with van der Waals surface area (Å²) in [5, 5.41) is 7.35. The molecule has 0 atom stereocenters. The van der Waals surface area contributed by atoms with E-state index in [9.17, 15) is 4.79 Å². The number of carbonyl (C=O) groups excluding carboxylic acids is 1. The van der Waals surface area contributed by atoms with Gasteiger partial charge in [-0.3, -0.25) is 9.48 Å². The number of carbonyl (C=O) groups is 1. The van der Waals surface area contributed by atoms with Crippen molar-refractivity contribution >= 4 is 5.91 Å². The minimum atomic E-state index is -0.458. The molecular formula is C18H26N4O. The number of rotatable bonds is 8. The molecule has 1 aromatic heterocycles. The molecule has 23 heavy (non-hydrogen) atoms. The van der Waals surface area contributed by atoms with E-state index < -0.39 is 5.41 Å². The Bertz CT molecular complexity index is 609. The van der Waals surface area contributed by atoms with Crippen LogP contribution in [0.25, 0.3) is 0 Å². The summed E-state index contributed by atoms with van der Waals surface area (Å²) in [6.45, 7) is 5.60. The number of nitrogens with one attached hydrogen (secondary N) is 1. The van der Waals surface area contributed by atoms with Crippen LogP contribution < -0.4 is 11.1 Å². The lowest BCUT2D eigenvalue weighted by Crippen LogP contribution is -2.44. The zero-order valence-corrected chi connectivity index (χ0v) is 14.0. The zero-order valence-electron chi connectivity index (χ0n) is 14.0. The van der Waals surface area contributed by atoms with E-state index >= 15 is 0 Å². The second-order valence-electron chi connectivity index (χ2n) is 5.91. The van der Waals surface area contributed by atoms with Crippen LogP contribution in [0.4, 0.5) is 0 Å². The summed E-state index contributed by atoms with van der Waals surface area (Å²) in [6.07, 6.45) is 5.26. The third kappa shape index (κ3) is 4.20. The van der Waals surface area contributed by atoms with Crippen LogP contribution in [0.15, 0.2) is 42.7 Å². The number of nitrogens with two attached hydrogens (primary N) is 1. The third-order valence-corrected chi connectivity index (χ3v) is 4.55. The molecule has 3 N–H and O–H groups in total. The summed E-state index contributed by atoms with van der Waals surface area (Å²) in [6, 6.07) is 10.2. The molecule has 0 aliphatic rings. The molecule has 0 bridgehead atoms. The smallest absolute Gasteiger partial charge is 0.227 e. The number of benzene rings is 1. The van der Waals surface area contributed by atoms with Gasteiger partial charge in [-0.1, -0.05) is 44.2 Å². The molecule has 0 aliphatic heterocycles. The Kier molecular flexibility index (Phi) is 5.93. The van der Waals surface area contributed by atoms with Gasteiger partial charge in [0.25, 0.3) is 0 Å². The average molecular weight is 314 g/mol. The number of nitrogens with zero attached hydrogens (tertiary/aromatic N) is 2. The predicted molar refractivity (Wildman–Crippen MR) is 91.7 cm³/mol. The minimum Gasteiger partial charge on any atom is -0.351 e. The van der Waals surface area contributed by atoms with Gasteiger partial charge in [-0.2, -0.15) is 5.10 Å². The van der Waals surface area contributed by atoms with Gasteiger partial charge in [-0.15, -0.1) is 0 Å². The Balaban J connectivity index is 1.93. The molecular weight excluding hydrogens is 288 g/mol. The molecule has 2 rings (SSSR count). The molecule has 5 heteroatoms. The molecule has 2 aromatic rings. The first-order valence-electron chi connectivity index (χ1n) is 8.17. The first-order valence-corrected chi connectivity index (χ1v) is 8.17. The van der Waals surface area contributed by atoms with Gasteiger partial charge < -0.3 is 11.1 Å². The maximum Gasteiger partial charge on any atom is 0.227 e. The first-order chi connectivity index (χ1) is 11.1. The average Bonchev–Trinajstić information content (AvgIpc) is 3.03. The highest BCUT2D eigenvalue weighted by atomic mass is 16.2. The SMILES string of the molecule is CCC(CC)(CN)C(=O)NCc1cnn(Cc2ccccc2)c1. The molecule has 0 spiro atoms. The fourth-order valence-electron chi connectivity index (χ4n) is 2.68. The molecule has 0 fully saturated rings. The highest BCUT2D eigenvalue weighted by Crippen LogP contribution is 2.25. The molecule has 0 saturated heterocycles. The number of amides is 1. The quantitative estimate of drug-likeness (QED) is 0.785. The lowest BCUT2D eigenvalue weighted by atomic mass is 9.81. The van der Waals surface area contributed by atoms with E-state index in [0.29, 0.717) is 13.1 Å². The van der Waals surface area contributed by atoms with Crippen LogP contribution in [-0.4, -0.2) is 22.2 Å². The topological polar surface area (TPSA) is 72.9 Å². The van der Waals surface area contributed by atoms with Crippen molar-refractivity contribution in [2.24, 2.45) is 11.1 Å². The Labute approximate surface area is 137 Å². The maximum absolute atomic E-state index is 12.4. The van der Waals surface area contributed by atoms with Crippen LogP contribution >= 0.6 is 0 Å². The number of hydrogen-bond donors (Lipinski definition) is 2. The van der Waals surface area contributed by atoms with Gasteiger partial charge in [0.2, 0.25) is 5.91 Å². The van der Waals surface area contributed by atoms with Crippen LogP contribution in [0.5, 0.6) is 0 Å². The fraction of sp³-hybridized carbons (Fsp3) is 0.444.